The van der Waals surface area contributed by atoms with Crippen molar-refractivity contribution >= 4 is 17.2 Å². The van der Waals surface area contributed by atoms with Gasteiger partial charge in [0.25, 0.3) is 0 Å². The zero-order chi connectivity index (χ0) is 15.0. The molecule has 1 N–H and O–H groups in total. The van der Waals surface area contributed by atoms with Gasteiger partial charge in [0, 0.05) is 24.7 Å². The van der Waals surface area contributed by atoms with Gasteiger partial charge in [-0.2, -0.15) is 13.2 Å². The maximum atomic E-state index is 13.3. The number of carbonyl (C=O) groups is 1. The summed E-state index contributed by atoms with van der Waals surface area (Å²) in [6.07, 6.45) is -3.15. The smallest absolute Gasteiger partial charge is 0.340 e. The summed E-state index contributed by atoms with van der Waals surface area (Å²) < 4.78 is 39.8. The third-order valence-electron chi connectivity index (χ3n) is 3.52. The SMILES string of the molecule is Cc1ncc(CN(C)C(=O)C2(C(F)(F)F)CCNC2)s1. The predicted molar refractivity (Wildman–Crippen MR) is 69.3 cm³/mol. The largest absolute Gasteiger partial charge is 0.404 e. The molecule has 4 nitrogen and oxygen atoms in total. The van der Waals surface area contributed by atoms with Crippen LogP contribution in [0.1, 0.15) is 16.3 Å². The van der Waals surface area contributed by atoms with Crippen molar-refractivity contribution in [2.24, 2.45) is 5.41 Å². The first-order valence-electron chi connectivity index (χ1n) is 6.20. The van der Waals surface area contributed by atoms with E-state index in [9.17, 15) is 18.0 Å². The van der Waals surface area contributed by atoms with Crippen LogP contribution in [0.15, 0.2) is 6.20 Å². The average Bonchev–Trinajstić information content (AvgIpc) is 2.97. The van der Waals surface area contributed by atoms with Crippen LogP contribution in [0.5, 0.6) is 0 Å². The van der Waals surface area contributed by atoms with Crippen LogP contribution in [0.2, 0.25) is 0 Å². The number of alkyl halides is 3. The lowest BCUT2D eigenvalue weighted by Crippen LogP contribution is -2.52. The average molecular weight is 307 g/mol. The van der Waals surface area contributed by atoms with Crippen molar-refractivity contribution in [3.05, 3.63) is 16.1 Å². The van der Waals surface area contributed by atoms with Gasteiger partial charge in [0.15, 0.2) is 5.41 Å². The molecule has 2 rings (SSSR count). The van der Waals surface area contributed by atoms with Crippen LogP contribution < -0.4 is 5.32 Å². The number of halogens is 3. The molecule has 0 aromatic carbocycles. The van der Waals surface area contributed by atoms with Crippen LogP contribution in [0.25, 0.3) is 0 Å². The Morgan fingerprint density at radius 1 is 1.60 bits per heavy atom. The van der Waals surface area contributed by atoms with E-state index in [1.54, 1.807) is 6.20 Å². The molecular formula is C12H16F3N3OS. The van der Waals surface area contributed by atoms with E-state index < -0.39 is 17.5 Å². The minimum atomic E-state index is -4.54. The first-order chi connectivity index (χ1) is 9.26. The molecule has 8 heteroatoms. The summed E-state index contributed by atoms with van der Waals surface area (Å²) in [5.41, 5.74) is -2.29. The molecule has 1 amide bonds. The highest BCUT2D eigenvalue weighted by atomic mass is 32.1. The molecule has 0 bridgehead atoms. The third-order valence-corrected chi connectivity index (χ3v) is 4.41. The van der Waals surface area contributed by atoms with E-state index in [2.05, 4.69) is 10.3 Å². The van der Waals surface area contributed by atoms with E-state index in [0.717, 1.165) is 14.8 Å². The predicted octanol–water partition coefficient (Wildman–Crippen LogP) is 1.95. The number of carbonyl (C=O) groups excluding carboxylic acids is 1. The number of thiazole rings is 1. The van der Waals surface area contributed by atoms with Gasteiger partial charge in [0.05, 0.1) is 11.6 Å². The van der Waals surface area contributed by atoms with Gasteiger partial charge in [0.1, 0.15) is 0 Å². The first-order valence-corrected chi connectivity index (χ1v) is 7.02. The number of nitrogens with zero attached hydrogens (tertiary/aromatic N) is 2. The molecular weight excluding hydrogens is 291 g/mol. The van der Waals surface area contributed by atoms with Crippen molar-refractivity contribution in [2.75, 3.05) is 20.1 Å². The van der Waals surface area contributed by atoms with Crippen molar-refractivity contribution in [3.8, 4) is 0 Å². The molecule has 1 aliphatic heterocycles. The lowest BCUT2D eigenvalue weighted by molar-refractivity contribution is -0.221. The van der Waals surface area contributed by atoms with Crippen molar-refractivity contribution in [3.63, 3.8) is 0 Å². The molecule has 112 valence electrons. The van der Waals surface area contributed by atoms with Gasteiger partial charge in [-0.1, -0.05) is 0 Å². The molecule has 1 aromatic rings. The van der Waals surface area contributed by atoms with Crippen LogP contribution in [-0.2, 0) is 11.3 Å². The normalized spacial score (nSPS) is 23.1. The fraction of sp³-hybridized carbons (Fsp3) is 0.667. The lowest BCUT2D eigenvalue weighted by atomic mass is 9.84. The molecule has 0 saturated carbocycles. The van der Waals surface area contributed by atoms with Gasteiger partial charge < -0.3 is 10.2 Å². The number of rotatable bonds is 3. The van der Waals surface area contributed by atoms with Crippen LogP contribution >= 0.6 is 11.3 Å². The highest BCUT2D eigenvalue weighted by Gasteiger charge is 2.62. The minimum absolute atomic E-state index is 0.155. The summed E-state index contributed by atoms with van der Waals surface area (Å²) in [5.74, 6) is -0.874. The summed E-state index contributed by atoms with van der Waals surface area (Å²) in [5, 5.41) is 3.47. The number of hydrogen-bond donors (Lipinski definition) is 1. The third kappa shape index (κ3) is 2.67. The number of hydrogen-bond acceptors (Lipinski definition) is 4. The van der Waals surface area contributed by atoms with Crippen molar-refractivity contribution in [1.82, 2.24) is 15.2 Å². The molecule has 0 aliphatic carbocycles. The maximum Gasteiger partial charge on any atom is 0.404 e. The Kier molecular flexibility index (Phi) is 4.06. The highest BCUT2D eigenvalue weighted by molar-refractivity contribution is 7.11. The zero-order valence-electron chi connectivity index (χ0n) is 11.3. The molecule has 1 saturated heterocycles. The quantitative estimate of drug-likeness (QED) is 0.928. The number of aryl methyl sites for hydroxylation is 1. The summed E-state index contributed by atoms with van der Waals surface area (Å²) in [6, 6.07) is 0. The molecule has 2 heterocycles. The molecule has 0 spiro atoms. The fourth-order valence-electron chi connectivity index (χ4n) is 2.39. The van der Waals surface area contributed by atoms with Crippen molar-refractivity contribution in [2.45, 2.75) is 26.1 Å². The van der Waals surface area contributed by atoms with Gasteiger partial charge in [-0.25, -0.2) is 4.98 Å². The number of aromatic nitrogens is 1. The summed E-state index contributed by atoms with van der Waals surface area (Å²) in [7, 11) is 1.41. The molecule has 1 fully saturated rings. The van der Waals surface area contributed by atoms with E-state index in [1.807, 2.05) is 6.92 Å². The highest BCUT2D eigenvalue weighted by Crippen LogP contribution is 2.44. The Morgan fingerprint density at radius 3 is 2.75 bits per heavy atom. The van der Waals surface area contributed by atoms with Gasteiger partial charge in [-0.05, 0) is 19.9 Å². The summed E-state index contributed by atoms with van der Waals surface area (Å²) >= 11 is 1.38. The zero-order valence-corrected chi connectivity index (χ0v) is 12.1. The molecule has 0 radical (unpaired) electrons. The maximum absolute atomic E-state index is 13.3. The second kappa shape index (κ2) is 5.33. The molecule has 1 atom stereocenters. The van der Waals surface area contributed by atoms with Crippen molar-refractivity contribution < 1.29 is 18.0 Å². The standard InChI is InChI=1S/C12H16F3N3OS/c1-8-17-5-9(20-8)6-18(2)10(19)11(12(13,14)15)3-4-16-7-11/h5,16H,3-4,6-7H2,1-2H3. The van der Waals surface area contributed by atoms with Crippen molar-refractivity contribution in [1.29, 1.82) is 0 Å². The number of amides is 1. The van der Waals surface area contributed by atoms with Gasteiger partial charge in [-0.3, -0.25) is 4.79 Å². The van der Waals surface area contributed by atoms with Crippen LogP contribution in [0.4, 0.5) is 13.2 Å². The van der Waals surface area contributed by atoms with Gasteiger partial charge >= 0.3 is 6.18 Å². The topological polar surface area (TPSA) is 45.2 Å². The Balaban J connectivity index is 2.16. The van der Waals surface area contributed by atoms with E-state index in [1.165, 1.54) is 18.4 Å². The summed E-state index contributed by atoms with van der Waals surface area (Å²) in [4.78, 5) is 18.2. The minimum Gasteiger partial charge on any atom is -0.340 e. The lowest BCUT2D eigenvalue weighted by Gasteiger charge is -2.33. The van der Waals surface area contributed by atoms with E-state index in [4.69, 9.17) is 0 Å². The Bertz CT molecular complexity index is 494. The van der Waals surface area contributed by atoms with Gasteiger partial charge in [-0.15, -0.1) is 11.3 Å². The second-order valence-corrected chi connectivity index (χ2v) is 6.33. The summed E-state index contributed by atoms with van der Waals surface area (Å²) in [6.45, 7) is 1.83. The van der Waals surface area contributed by atoms with Crippen LogP contribution in [0, 0.1) is 12.3 Å². The Labute approximate surface area is 119 Å². The molecule has 1 aromatic heterocycles. The van der Waals surface area contributed by atoms with Crippen LogP contribution in [0.3, 0.4) is 0 Å². The fourth-order valence-corrected chi connectivity index (χ4v) is 3.24. The van der Waals surface area contributed by atoms with Crippen LogP contribution in [-0.4, -0.2) is 42.1 Å². The first kappa shape index (κ1) is 15.2. The van der Waals surface area contributed by atoms with E-state index in [0.29, 0.717) is 0 Å². The van der Waals surface area contributed by atoms with E-state index in [-0.39, 0.29) is 26.1 Å². The number of nitrogens with one attached hydrogen (secondary N) is 1. The monoisotopic (exact) mass is 307 g/mol. The molecule has 1 unspecified atom stereocenters. The second-order valence-electron chi connectivity index (χ2n) is 5.01. The van der Waals surface area contributed by atoms with E-state index >= 15 is 0 Å². The molecule has 1 aliphatic rings. The Hall–Kier alpha value is -1.15. The Morgan fingerprint density at radius 2 is 2.30 bits per heavy atom. The molecule has 20 heavy (non-hydrogen) atoms. The van der Waals surface area contributed by atoms with Gasteiger partial charge in [0.2, 0.25) is 5.91 Å².